The summed E-state index contributed by atoms with van der Waals surface area (Å²) in [5.74, 6) is 0.468. The fourth-order valence-corrected chi connectivity index (χ4v) is 1.91. The second-order valence-electron chi connectivity index (χ2n) is 4.97. The highest BCUT2D eigenvalue weighted by Crippen LogP contribution is 2.33. The lowest BCUT2D eigenvalue weighted by Crippen LogP contribution is -2.49. The maximum atomic E-state index is 11.9. The first kappa shape index (κ1) is 15.3. The molecule has 1 aromatic carbocycles. The second kappa shape index (κ2) is 5.95. The van der Waals surface area contributed by atoms with Gasteiger partial charge < -0.3 is 14.4 Å². The van der Waals surface area contributed by atoms with Crippen LogP contribution in [0.3, 0.4) is 0 Å². The summed E-state index contributed by atoms with van der Waals surface area (Å²) >= 11 is 0. The maximum Gasteiger partial charge on any atom is 0.331 e. The summed E-state index contributed by atoms with van der Waals surface area (Å²) in [6, 6.07) is 6.00. The number of carbonyl (C=O) groups is 1. The van der Waals surface area contributed by atoms with Crippen LogP contribution >= 0.6 is 0 Å². The molecule has 4 heteroatoms. The number of hydrogen-bond acceptors (Lipinski definition) is 4. The highest BCUT2D eigenvalue weighted by atomic mass is 16.5. The standard InChI is InChI=1S/C15H23NO3/c1-7-11-8-9-13(18-5)12(10-11)16(4)15(2,3)14(17)19-6/h8-10H,7H2,1-6H3. The van der Waals surface area contributed by atoms with Crippen molar-refractivity contribution in [2.45, 2.75) is 32.7 Å². The molecule has 0 spiro atoms. The number of carbonyl (C=O) groups excluding carboxylic acids is 1. The van der Waals surface area contributed by atoms with E-state index in [1.165, 1.54) is 12.7 Å². The number of nitrogens with zero attached hydrogens (tertiary/aromatic N) is 1. The van der Waals surface area contributed by atoms with Crippen LogP contribution in [0.1, 0.15) is 26.3 Å². The zero-order chi connectivity index (χ0) is 14.6. The van der Waals surface area contributed by atoms with Crippen LogP contribution in [-0.4, -0.2) is 32.8 Å². The Bertz CT molecular complexity index is 455. The van der Waals surface area contributed by atoms with Gasteiger partial charge in [-0.1, -0.05) is 13.0 Å². The van der Waals surface area contributed by atoms with Gasteiger partial charge in [-0.25, -0.2) is 4.79 Å². The van der Waals surface area contributed by atoms with Crippen LogP contribution in [-0.2, 0) is 16.0 Å². The van der Waals surface area contributed by atoms with E-state index < -0.39 is 5.54 Å². The van der Waals surface area contributed by atoms with Crippen LogP contribution in [0.5, 0.6) is 5.75 Å². The van der Waals surface area contributed by atoms with Crippen molar-refractivity contribution in [1.82, 2.24) is 0 Å². The SMILES string of the molecule is CCc1ccc(OC)c(N(C)C(C)(C)C(=O)OC)c1. The Kier molecular flexibility index (Phi) is 4.81. The van der Waals surface area contributed by atoms with Gasteiger partial charge in [0.2, 0.25) is 0 Å². The number of aryl methyl sites for hydroxylation is 1. The molecule has 0 fully saturated rings. The van der Waals surface area contributed by atoms with Crippen molar-refractivity contribution in [3.8, 4) is 5.75 Å². The van der Waals surface area contributed by atoms with Crippen LogP contribution < -0.4 is 9.64 Å². The largest absolute Gasteiger partial charge is 0.495 e. The molecule has 1 aromatic rings. The van der Waals surface area contributed by atoms with Gasteiger partial charge in [0.15, 0.2) is 0 Å². The zero-order valence-electron chi connectivity index (χ0n) is 12.6. The van der Waals surface area contributed by atoms with Gasteiger partial charge >= 0.3 is 5.97 Å². The molecule has 1 rings (SSSR count). The number of hydrogen-bond donors (Lipinski definition) is 0. The molecule has 0 radical (unpaired) electrons. The summed E-state index contributed by atoms with van der Waals surface area (Å²) in [5.41, 5.74) is 1.33. The predicted molar refractivity (Wildman–Crippen MR) is 76.9 cm³/mol. The fourth-order valence-electron chi connectivity index (χ4n) is 1.91. The van der Waals surface area contributed by atoms with Gasteiger partial charge in [0.05, 0.1) is 19.9 Å². The third kappa shape index (κ3) is 3.00. The molecule has 0 heterocycles. The summed E-state index contributed by atoms with van der Waals surface area (Å²) in [4.78, 5) is 13.8. The van der Waals surface area contributed by atoms with E-state index in [9.17, 15) is 4.79 Å². The lowest BCUT2D eigenvalue weighted by Gasteiger charge is -2.35. The van der Waals surface area contributed by atoms with E-state index in [1.807, 2.05) is 44.0 Å². The van der Waals surface area contributed by atoms with E-state index in [1.54, 1.807) is 7.11 Å². The van der Waals surface area contributed by atoms with Crippen LogP contribution in [0.4, 0.5) is 5.69 Å². The van der Waals surface area contributed by atoms with Gasteiger partial charge in [-0.05, 0) is 38.0 Å². The van der Waals surface area contributed by atoms with Gasteiger partial charge in [-0.2, -0.15) is 0 Å². The number of likely N-dealkylation sites (N-methyl/N-ethyl adjacent to an activating group) is 1. The predicted octanol–water partition coefficient (Wildman–Crippen LogP) is 2.65. The van der Waals surface area contributed by atoms with Crippen molar-refractivity contribution in [1.29, 1.82) is 0 Å². The Morgan fingerprint density at radius 3 is 2.42 bits per heavy atom. The molecule has 0 aliphatic heterocycles. The van der Waals surface area contributed by atoms with Gasteiger partial charge in [0, 0.05) is 7.05 Å². The smallest absolute Gasteiger partial charge is 0.331 e. The fraction of sp³-hybridized carbons (Fsp3) is 0.533. The lowest BCUT2D eigenvalue weighted by atomic mass is 10.0. The van der Waals surface area contributed by atoms with E-state index >= 15 is 0 Å². The van der Waals surface area contributed by atoms with Crippen molar-refractivity contribution in [2.24, 2.45) is 0 Å². The molecule has 0 aliphatic carbocycles. The maximum absolute atomic E-state index is 11.9. The van der Waals surface area contributed by atoms with Crippen molar-refractivity contribution in [2.75, 3.05) is 26.2 Å². The van der Waals surface area contributed by atoms with Crippen molar-refractivity contribution in [3.05, 3.63) is 23.8 Å². The Balaban J connectivity index is 3.23. The third-order valence-corrected chi connectivity index (χ3v) is 3.54. The topological polar surface area (TPSA) is 38.8 Å². The van der Waals surface area contributed by atoms with Crippen molar-refractivity contribution < 1.29 is 14.3 Å². The zero-order valence-corrected chi connectivity index (χ0v) is 12.6. The van der Waals surface area contributed by atoms with Gasteiger partial charge in [0.25, 0.3) is 0 Å². The van der Waals surface area contributed by atoms with E-state index in [4.69, 9.17) is 9.47 Å². The molecule has 0 saturated heterocycles. The molecule has 0 saturated carbocycles. The minimum absolute atomic E-state index is 0.279. The van der Waals surface area contributed by atoms with E-state index in [0.717, 1.165) is 17.9 Å². The lowest BCUT2D eigenvalue weighted by molar-refractivity contribution is -0.145. The number of benzene rings is 1. The molecular formula is C15H23NO3. The molecule has 19 heavy (non-hydrogen) atoms. The van der Waals surface area contributed by atoms with Crippen LogP contribution in [0.25, 0.3) is 0 Å². The van der Waals surface area contributed by atoms with Gasteiger partial charge in [-0.15, -0.1) is 0 Å². The average Bonchev–Trinajstić information content (AvgIpc) is 2.44. The number of ether oxygens (including phenoxy) is 2. The second-order valence-corrected chi connectivity index (χ2v) is 4.97. The molecule has 0 unspecified atom stereocenters. The van der Waals surface area contributed by atoms with Crippen molar-refractivity contribution in [3.63, 3.8) is 0 Å². The first-order valence-corrected chi connectivity index (χ1v) is 6.37. The molecule has 106 valence electrons. The van der Waals surface area contributed by atoms with Crippen molar-refractivity contribution >= 4 is 11.7 Å². The summed E-state index contributed by atoms with van der Waals surface area (Å²) in [6.45, 7) is 5.75. The summed E-state index contributed by atoms with van der Waals surface area (Å²) in [5, 5.41) is 0. The molecule has 0 bridgehead atoms. The number of rotatable bonds is 5. The van der Waals surface area contributed by atoms with Gasteiger partial charge in [-0.3, -0.25) is 0 Å². The van der Waals surface area contributed by atoms with Crippen LogP contribution in [0.15, 0.2) is 18.2 Å². The first-order chi connectivity index (χ1) is 8.88. The third-order valence-electron chi connectivity index (χ3n) is 3.54. The quantitative estimate of drug-likeness (QED) is 0.767. The number of anilines is 1. The van der Waals surface area contributed by atoms with Crippen LogP contribution in [0, 0.1) is 0 Å². The minimum Gasteiger partial charge on any atom is -0.495 e. The molecular weight excluding hydrogens is 242 g/mol. The Morgan fingerprint density at radius 1 is 1.32 bits per heavy atom. The van der Waals surface area contributed by atoms with Crippen LogP contribution in [0.2, 0.25) is 0 Å². The molecule has 0 amide bonds. The Labute approximate surface area is 115 Å². The average molecular weight is 265 g/mol. The number of esters is 1. The minimum atomic E-state index is -0.756. The number of methoxy groups -OCH3 is 2. The highest BCUT2D eigenvalue weighted by Gasteiger charge is 2.34. The molecule has 4 nitrogen and oxygen atoms in total. The molecule has 0 aromatic heterocycles. The summed E-state index contributed by atoms with van der Waals surface area (Å²) in [6.07, 6.45) is 0.934. The first-order valence-electron chi connectivity index (χ1n) is 6.37. The molecule has 0 N–H and O–H groups in total. The molecule has 0 aliphatic rings. The normalized spacial score (nSPS) is 11.1. The monoisotopic (exact) mass is 265 g/mol. The summed E-state index contributed by atoms with van der Waals surface area (Å²) < 4.78 is 10.2. The molecule has 0 atom stereocenters. The summed E-state index contributed by atoms with van der Waals surface area (Å²) in [7, 11) is 4.90. The highest BCUT2D eigenvalue weighted by molar-refractivity contribution is 5.85. The van der Waals surface area contributed by atoms with E-state index in [2.05, 4.69) is 6.92 Å². The van der Waals surface area contributed by atoms with Gasteiger partial charge in [0.1, 0.15) is 11.3 Å². The Morgan fingerprint density at radius 2 is 1.95 bits per heavy atom. The Hall–Kier alpha value is -1.71. The van der Waals surface area contributed by atoms with E-state index in [0.29, 0.717) is 0 Å². The van der Waals surface area contributed by atoms with E-state index in [-0.39, 0.29) is 5.97 Å².